The Morgan fingerprint density at radius 3 is 2.70 bits per heavy atom. The number of rotatable bonds is 3. The first-order valence-electron chi connectivity index (χ1n) is 8.99. The van der Waals surface area contributed by atoms with Gasteiger partial charge >= 0.3 is 0 Å². The Balaban J connectivity index is 1.46. The van der Waals surface area contributed by atoms with E-state index in [1.807, 2.05) is 31.9 Å². The summed E-state index contributed by atoms with van der Waals surface area (Å²) in [6.45, 7) is 9.90. The summed E-state index contributed by atoms with van der Waals surface area (Å²) in [7, 11) is 0. The maximum atomic E-state index is 12.3. The Kier molecular flexibility index (Phi) is 4.76. The van der Waals surface area contributed by atoms with Crippen LogP contribution in [0.3, 0.4) is 0 Å². The van der Waals surface area contributed by atoms with Gasteiger partial charge in [0.25, 0.3) is 0 Å². The molecule has 0 spiro atoms. The lowest BCUT2D eigenvalue weighted by Crippen LogP contribution is -2.48. The molecule has 0 saturated carbocycles. The minimum atomic E-state index is -0.264. The molecule has 0 radical (unpaired) electrons. The highest BCUT2D eigenvalue weighted by molar-refractivity contribution is 5.81. The topological polar surface area (TPSA) is 50.2 Å². The van der Waals surface area contributed by atoms with Gasteiger partial charge in [-0.25, -0.2) is 4.98 Å². The fraction of sp³-hybridized carbons (Fsp3) is 0.778. The molecule has 128 valence electrons. The first-order valence-corrected chi connectivity index (χ1v) is 8.99. The minimum Gasteiger partial charge on any atom is -0.342 e. The summed E-state index contributed by atoms with van der Waals surface area (Å²) >= 11 is 0. The zero-order valence-corrected chi connectivity index (χ0v) is 14.7. The molecule has 3 heterocycles. The summed E-state index contributed by atoms with van der Waals surface area (Å²) < 4.78 is 2.29. The molecule has 0 aromatic carbocycles. The molecule has 3 rings (SSSR count). The molecule has 0 aliphatic carbocycles. The van der Waals surface area contributed by atoms with Gasteiger partial charge in [0, 0.05) is 55.9 Å². The predicted molar refractivity (Wildman–Crippen MR) is 91.3 cm³/mol. The molecule has 5 nitrogen and oxygen atoms in total. The average Bonchev–Trinajstić information content (AvgIpc) is 3.01. The summed E-state index contributed by atoms with van der Waals surface area (Å²) in [5.41, 5.74) is -0.264. The number of carbonyl (C=O) groups is 1. The SMILES string of the molecule is CC(C)(C)C(=O)N1CCC(NCC2CCCn3ccnc32)CC1. The highest BCUT2D eigenvalue weighted by Gasteiger charge is 2.30. The number of nitrogens with one attached hydrogen (secondary N) is 1. The number of amides is 1. The summed E-state index contributed by atoms with van der Waals surface area (Å²) in [5.74, 6) is 2.06. The van der Waals surface area contributed by atoms with E-state index in [9.17, 15) is 4.79 Å². The number of aryl methyl sites for hydroxylation is 1. The van der Waals surface area contributed by atoms with Gasteiger partial charge in [-0.15, -0.1) is 0 Å². The maximum Gasteiger partial charge on any atom is 0.227 e. The van der Waals surface area contributed by atoms with Crippen molar-refractivity contribution >= 4 is 5.91 Å². The quantitative estimate of drug-likeness (QED) is 0.931. The second-order valence-electron chi connectivity index (χ2n) is 8.04. The van der Waals surface area contributed by atoms with E-state index < -0.39 is 0 Å². The monoisotopic (exact) mass is 318 g/mol. The van der Waals surface area contributed by atoms with Crippen molar-refractivity contribution in [2.45, 2.75) is 65.0 Å². The molecule has 1 unspecified atom stereocenters. The van der Waals surface area contributed by atoms with Gasteiger partial charge in [-0.2, -0.15) is 0 Å². The molecule has 1 N–H and O–H groups in total. The van der Waals surface area contributed by atoms with Gasteiger partial charge in [-0.05, 0) is 25.7 Å². The van der Waals surface area contributed by atoms with E-state index in [4.69, 9.17) is 0 Å². The van der Waals surface area contributed by atoms with Gasteiger partial charge in [0.05, 0.1) is 0 Å². The van der Waals surface area contributed by atoms with Crippen LogP contribution < -0.4 is 5.32 Å². The van der Waals surface area contributed by atoms with Crippen LogP contribution >= 0.6 is 0 Å². The fourth-order valence-corrected chi connectivity index (χ4v) is 3.77. The van der Waals surface area contributed by atoms with Crippen LogP contribution in [0.1, 0.15) is 58.2 Å². The zero-order valence-electron chi connectivity index (χ0n) is 14.7. The number of likely N-dealkylation sites (tertiary alicyclic amines) is 1. The third-order valence-electron chi connectivity index (χ3n) is 5.14. The maximum absolute atomic E-state index is 12.3. The molecule has 1 saturated heterocycles. The lowest BCUT2D eigenvalue weighted by Gasteiger charge is -2.36. The largest absolute Gasteiger partial charge is 0.342 e. The molecule has 2 aliphatic heterocycles. The van der Waals surface area contributed by atoms with Gasteiger partial charge in [0.15, 0.2) is 0 Å². The van der Waals surface area contributed by atoms with Crippen LogP contribution in [-0.2, 0) is 11.3 Å². The van der Waals surface area contributed by atoms with E-state index in [0.29, 0.717) is 12.0 Å². The number of fused-ring (bicyclic) bond motifs is 1. The van der Waals surface area contributed by atoms with Crippen LogP contribution in [0.15, 0.2) is 12.4 Å². The standard InChI is InChI=1S/C18H30N4O/c1-18(2,3)17(23)22-10-6-15(7-11-22)20-13-14-5-4-9-21-12-8-19-16(14)21/h8,12,14-15,20H,4-7,9-11,13H2,1-3H3. The molecule has 1 amide bonds. The van der Waals surface area contributed by atoms with Crippen molar-refractivity contribution in [2.24, 2.45) is 5.41 Å². The molecule has 1 aromatic rings. The first-order chi connectivity index (χ1) is 10.9. The Bertz CT molecular complexity index is 537. The third kappa shape index (κ3) is 3.77. The van der Waals surface area contributed by atoms with Crippen molar-refractivity contribution in [3.05, 3.63) is 18.2 Å². The van der Waals surface area contributed by atoms with Crippen molar-refractivity contribution in [2.75, 3.05) is 19.6 Å². The summed E-state index contributed by atoms with van der Waals surface area (Å²) in [6, 6.07) is 0.532. The third-order valence-corrected chi connectivity index (χ3v) is 5.14. The van der Waals surface area contributed by atoms with Crippen LogP contribution in [-0.4, -0.2) is 46.0 Å². The van der Waals surface area contributed by atoms with Crippen LogP contribution in [0.4, 0.5) is 0 Å². The van der Waals surface area contributed by atoms with Gasteiger partial charge in [-0.3, -0.25) is 4.79 Å². The van der Waals surface area contributed by atoms with Gasteiger partial charge in [-0.1, -0.05) is 20.8 Å². The van der Waals surface area contributed by atoms with Crippen molar-refractivity contribution in [1.29, 1.82) is 0 Å². The lowest BCUT2D eigenvalue weighted by molar-refractivity contribution is -0.140. The van der Waals surface area contributed by atoms with Crippen LogP contribution in [0, 0.1) is 5.41 Å². The summed E-state index contributed by atoms with van der Waals surface area (Å²) in [4.78, 5) is 18.9. The highest BCUT2D eigenvalue weighted by Crippen LogP contribution is 2.26. The average molecular weight is 318 g/mol. The highest BCUT2D eigenvalue weighted by atomic mass is 16.2. The number of carbonyl (C=O) groups excluding carboxylic acids is 1. The molecule has 1 fully saturated rings. The van der Waals surface area contributed by atoms with Crippen molar-refractivity contribution in [3.63, 3.8) is 0 Å². The Morgan fingerprint density at radius 2 is 2.00 bits per heavy atom. The Labute approximate surface area is 139 Å². The smallest absolute Gasteiger partial charge is 0.227 e. The molecule has 1 aromatic heterocycles. The normalized spacial score (nSPS) is 22.9. The van der Waals surface area contributed by atoms with Gasteiger partial charge in [0.1, 0.15) is 5.82 Å². The van der Waals surface area contributed by atoms with Crippen LogP contribution in [0.25, 0.3) is 0 Å². The van der Waals surface area contributed by atoms with Crippen molar-refractivity contribution < 1.29 is 4.79 Å². The van der Waals surface area contributed by atoms with E-state index in [1.165, 1.54) is 18.7 Å². The molecule has 0 bridgehead atoms. The predicted octanol–water partition coefficient (Wildman–Crippen LogP) is 2.39. The molecule has 23 heavy (non-hydrogen) atoms. The molecule has 5 heteroatoms. The number of hydrogen-bond donors (Lipinski definition) is 1. The van der Waals surface area contributed by atoms with Crippen molar-refractivity contribution in [1.82, 2.24) is 19.8 Å². The van der Waals surface area contributed by atoms with E-state index in [1.54, 1.807) is 0 Å². The molecular weight excluding hydrogens is 288 g/mol. The van der Waals surface area contributed by atoms with E-state index in [-0.39, 0.29) is 11.3 Å². The van der Waals surface area contributed by atoms with E-state index in [0.717, 1.165) is 39.0 Å². The Hall–Kier alpha value is -1.36. The number of nitrogens with zero attached hydrogens (tertiary/aromatic N) is 3. The zero-order chi connectivity index (χ0) is 16.4. The first kappa shape index (κ1) is 16.5. The van der Waals surface area contributed by atoms with E-state index >= 15 is 0 Å². The van der Waals surface area contributed by atoms with Gasteiger partial charge in [0.2, 0.25) is 5.91 Å². The molecule has 1 atom stereocenters. The number of piperidine rings is 1. The second-order valence-corrected chi connectivity index (χ2v) is 8.04. The molecule has 2 aliphatic rings. The fourth-order valence-electron chi connectivity index (χ4n) is 3.77. The summed E-state index contributed by atoms with van der Waals surface area (Å²) in [5, 5.41) is 3.73. The van der Waals surface area contributed by atoms with Gasteiger partial charge < -0.3 is 14.8 Å². The molecular formula is C18H30N4O. The number of hydrogen-bond acceptors (Lipinski definition) is 3. The summed E-state index contributed by atoms with van der Waals surface area (Å²) in [6.07, 6.45) is 8.61. The number of aromatic nitrogens is 2. The van der Waals surface area contributed by atoms with Crippen LogP contribution in [0.5, 0.6) is 0 Å². The van der Waals surface area contributed by atoms with E-state index in [2.05, 4.69) is 21.1 Å². The second kappa shape index (κ2) is 6.63. The number of imidazole rings is 1. The van der Waals surface area contributed by atoms with Crippen molar-refractivity contribution in [3.8, 4) is 0 Å². The van der Waals surface area contributed by atoms with Crippen LogP contribution in [0.2, 0.25) is 0 Å². The lowest BCUT2D eigenvalue weighted by atomic mass is 9.92. The minimum absolute atomic E-state index is 0.264. The Morgan fingerprint density at radius 1 is 1.26 bits per heavy atom.